The van der Waals surface area contributed by atoms with Crippen LogP contribution in [0.4, 0.5) is 0 Å². The Labute approximate surface area is 95.7 Å². The van der Waals surface area contributed by atoms with Crippen LogP contribution in [0.1, 0.15) is 32.3 Å². The van der Waals surface area contributed by atoms with E-state index in [9.17, 15) is 4.79 Å². The fourth-order valence-electron chi connectivity index (χ4n) is 1.26. The van der Waals surface area contributed by atoms with Crippen molar-refractivity contribution in [3.8, 4) is 0 Å². The van der Waals surface area contributed by atoms with E-state index in [0.717, 1.165) is 5.56 Å². The molecular formula is C12H18N2O2. The maximum Gasteiger partial charge on any atom is 0.227 e. The molecule has 1 unspecified atom stereocenters. The van der Waals surface area contributed by atoms with E-state index >= 15 is 0 Å². The second kappa shape index (κ2) is 5.07. The Kier molecular flexibility index (Phi) is 4.01. The number of carbonyl (C=O) groups is 1. The number of amides is 1. The number of aliphatic hydroxyl groups is 1. The van der Waals surface area contributed by atoms with Gasteiger partial charge >= 0.3 is 0 Å². The lowest BCUT2D eigenvalue weighted by atomic mass is 10.00. The van der Waals surface area contributed by atoms with Gasteiger partial charge in [-0.05, 0) is 32.4 Å². The van der Waals surface area contributed by atoms with Crippen molar-refractivity contribution in [2.75, 3.05) is 6.61 Å². The second-order valence-corrected chi connectivity index (χ2v) is 4.54. The number of aliphatic hydroxyl groups excluding tert-OH is 1. The third kappa shape index (κ3) is 3.31. The van der Waals surface area contributed by atoms with Gasteiger partial charge in [-0.15, -0.1) is 0 Å². The van der Waals surface area contributed by atoms with Crippen LogP contribution >= 0.6 is 0 Å². The first-order chi connectivity index (χ1) is 7.46. The standard InChI is InChI=1S/C12H18N2O2/c1-9(10-5-4-6-13-7-10)11(16)14-12(2,3)8-15/h4-7,9,15H,8H2,1-3H3,(H,14,16). The predicted molar refractivity (Wildman–Crippen MR) is 62.0 cm³/mol. The van der Waals surface area contributed by atoms with Crippen molar-refractivity contribution in [2.45, 2.75) is 32.2 Å². The Balaban J connectivity index is 2.69. The summed E-state index contributed by atoms with van der Waals surface area (Å²) in [6.07, 6.45) is 3.35. The minimum absolute atomic E-state index is 0.0848. The number of hydrogen-bond donors (Lipinski definition) is 2. The van der Waals surface area contributed by atoms with Crippen molar-refractivity contribution < 1.29 is 9.90 Å². The van der Waals surface area contributed by atoms with Crippen LogP contribution in [0.15, 0.2) is 24.5 Å². The Morgan fingerprint density at radius 3 is 2.81 bits per heavy atom. The topological polar surface area (TPSA) is 62.2 Å². The molecule has 1 heterocycles. The van der Waals surface area contributed by atoms with E-state index < -0.39 is 5.54 Å². The lowest BCUT2D eigenvalue weighted by Crippen LogP contribution is -2.47. The summed E-state index contributed by atoms with van der Waals surface area (Å²) in [7, 11) is 0. The summed E-state index contributed by atoms with van der Waals surface area (Å²) < 4.78 is 0. The number of carbonyl (C=O) groups excluding carboxylic acids is 1. The van der Waals surface area contributed by atoms with Crippen molar-refractivity contribution in [3.63, 3.8) is 0 Å². The van der Waals surface area contributed by atoms with Crippen LogP contribution in [0.5, 0.6) is 0 Å². The maximum atomic E-state index is 11.9. The molecule has 0 fully saturated rings. The van der Waals surface area contributed by atoms with Gasteiger partial charge in [0.2, 0.25) is 5.91 Å². The first-order valence-corrected chi connectivity index (χ1v) is 5.29. The summed E-state index contributed by atoms with van der Waals surface area (Å²) in [5.74, 6) is -0.369. The zero-order valence-electron chi connectivity index (χ0n) is 9.90. The van der Waals surface area contributed by atoms with Crippen molar-refractivity contribution in [1.29, 1.82) is 0 Å². The molecule has 1 atom stereocenters. The van der Waals surface area contributed by atoms with E-state index in [0.29, 0.717) is 0 Å². The van der Waals surface area contributed by atoms with Gasteiger partial charge in [0.25, 0.3) is 0 Å². The van der Waals surface area contributed by atoms with Crippen LogP contribution in [-0.2, 0) is 4.79 Å². The highest BCUT2D eigenvalue weighted by Gasteiger charge is 2.23. The van der Waals surface area contributed by atoms with Crippen molar-refractivity contribution in [3.05, 3.63) is 30.1 Å². The zero-order valence-corrected chi connectivity index (χ0v) is 9.90. The molecule has 1 amide bonds. The smallest absolute Gasteiger partial charge is 0.227 e. The second-order valence-electron chi connectivity index (χ2n) is 4.54. The van der Waals surface area contributed by atoms with Gasteiger partial charge in [0.05, 0.1) is 18.1 Å². The summed E-state index contributed by atoms with van der Waals surface area (Å²) >= 11 is 0. The minimum Gasteiger partial charge on any atom is -0.394 e. The summed E-state index contributed by atoms with van der Waals surface area (Å²) in [5, 5.41) is 11.9. The van der Waals surface area contributed by atoms with Crippen LogP contribution < -0.4 is 5.32 Å². The Morgan fingerprint density at radius 1 is 1.62 bits per heavy atom. The molecule has 88 valence electrons. The van der Waals surface area contributed by atoms with Crippen LogP contribution in [0.3, 0.4) is 0 Å². The SMILES string of the molecule is CC(C(=O)NC(C)(C)CO)c1cccnc1. The number of aromatic nitrogens is 1. The molecule has 16 heavy (non-hydrogen) atoms. The number of nitrogens with zero attached hydrogens (tertiary/aromatic N) is 1. The summed E-state index contributed by atoms with van der Waals surface area (Å²) in [6, 6.07) is 3.67. The molecule has 0 radical (unpaired) electrons. The fourth-order valence-corrected chi connectivity index (χ4v) is 1.26. The van der Waals surface area contributed by atoms with Gasteiger partial charge in [-0.1, -0.05) is 6.07 Å². The summed E-state index contributed by atoms with van der Waals surface area (Å²) in [5.41, 5.74) is 0.279. The van der Waals surface area contributed by atoms with E-state index in [1.54, 1.807) is 32.3 Å². The molecular weight excluding hydrogens is 204 g/mol. The molecule has 4 heteroatoms. The van der Waals surface area contributed by atoms with Gasteiger partial charge in [-0.3, -0.25) is 9.78 Å². The Bertz CT molecular complexity index is 349. The van der Waals surface area contributed by atoms with Gasteiger partial charge in [0, 0.05) is 12.4 Å². The fraction of sp³-hybridized carbons (Fsp3) is 0.500. The molecule has 0 aliphatic rings. The molecule has 1 aromatic rings. The number of hydrogen-bond acceptors (Lipinski definition) is 3. The van der Waals surface area contributed by atoms with Gasteiger partial charge < -0.3 is 10.4 Å². The number of rotatable bonds is 4. The van der Waals surface area contributed by atoms with Crippen molar-refractivity contribution in [1.82, 2.24) is 10.3 Å². The maximum absolute atomic E-state index is 11.9. The first-order valence-electron chi connectivity index (χ1n) is 5.29. The molecule has 0 aliphatic carbocycles. The van der Waals surface area contributed by atoms with Crippen molar-refractivity contribution >= 4 is 5.91 Å². The number of nitrogens with one attached hydrogen (secondary N) is 1. The largest absolute Gasteiger partial charge is 0.394 e. The van der Waals surface area contributed by atoms with E-state index in [-0.39, 0.29) is 18.4 Å². The highest BCUT2D eigenvalue weighted by molar-refractivity contribution is 5.83. The van der Waals surface area contributed by atoms with Gasteiger partial charge in [0.1, 0.15) is 0 Å². The molecule has 1 aromatic heterocycles. The first kappa shape index (κ1) is 12.6. The van der Waals surface area contributed by atoms with E-state index in [2.05, 4.69) is 10.3 Å². The minimum atomic E-state index is -0.590. The monoisotopic (exact) mass is 222 g/mol. The van der Waals surface area contributed by atoms with Crippen LogP contribution in [0.2, 0.25) is 0 Å². The van der Waals surface area contributed by atoms with Gasteiger partial charge in [-0.2, -0.15) is 0 Å². The molecule has 0 aromatic carbocycles. The number of pyridine rings is 1. The van der Waals surface area contributed by atoms with Crippen LogP contribution in [-0.4, -0.2) is 28.1 Å². The van der Waals surface area contributed by atoms with Gasteiger partial charge in [-0.25, -0.2) is 0 Å². The Morgan fingerprint density at radius 2 is 2.31 bits per heavy atom. The zero-order chi connectivity index (χ0) is 12.2. The quantitative estimate of drug-likeness (QED) is 0.801. The molecule has 4 nitrogen and oxygen atoms in total. The van der Waals surface area contributed by atoms with Crippen LogP contribution in [0, 0.1) is 0 Å². The molecule has 0 aliphatic heterocycles. The average Bonchev–Trinajstić information content (AvgIpc) is 2.28. The summed E-state index contributed by atoms with van der Waals surface area (Å²) in [4.78, 5) is 15.8. The lowest BCUT2D eigenvalue weighted by Gasteiger charge is -2.25. The predicted octanol–water partition coefficient (Wildman–Crippen LogP) is 1.07. The van der Waals surface area contributed by atoms with E-state index in [4.69, 9.17) is 5.11 Å². The molecule has 0 saturated carbocycles. The summed E-state index contributed by atoms with van der Waals surface area (Å²) in [6.45, 7) is 5.29. The molecule has 2 N–H and O–H groups in total. The van der Waals surface area contributed by atoms with E-state index in [1.807, 2.05) is 13.0 Å². The molecule has 0 spiro atoms. The third-order valence-corrected chi connectivity index (χ3v) is 2.43. The Hall–Kier alpha value is -1.42. The molecule has 1 rings (SSSR count). The highest BCUT2D eigenvalue weighted by Crippen LogP contribution is 2.14. The molecule has 0 bridgehead atoms. The van der Waals surface area contributed by atoms with E-state index in [1.165, 1.54) is 0 Å². The highest BCUT2D eigenvalue weighted by atomic mass is 16.3. The lowest BCUT2D eigenvalue weighted by molar-refractivity contribution is -0.124. The van der Waals surface area contributed by atoms with Crippen molar-refractivity contribution in [2.24, 2.45) is 0 Å². The normalized spacial score (nSPS) is 13.2. The van der Waals surface area contributed by atoms with Gasteiger partial charge in [0.15, 0.2) is 0 Å². The molecule has 0 saturated heterocycles. The third-order valence-electron chi connectivity index (χ3n) is 2.43. The van der Waals surface area contributed by atoms with Crippen LogP contribution in [0.25, 0.3) is 0 Å². The average molecular weight is 222 g/mol.